The third-order valence-electron chi connectivity index (χ3n) is 3.83. The largest absolute Gasteiger partial charge is 0.386 e. The molecule has 118 valence electrons. The minimum Gasteiger partial charge on any atom is -0.386 e. The number of para-hydroxylation sites is 2. The summed E-state index contributed by atoms with van der Waals surface area (Å²) in [6, 6.07) is 8.22. The first kappa shape index (κ1) is 17.5. The van der Waals surface area contributed by atoms with Gasteiger partial charge in [0.25, 0.3) is 0 Å². The van der Waals surface area contributed by atoms with E-state index in [4.69, 9.17) is 0 Å². The van der Waals surface area contributed by atoms with Crippen LogP contribution in [0.15, 0.2) is 24.3 Å². The van der Waals surface area contributed by atoms with Crippen molar-refractivity contribution in [3.8, 4) is 0 Å². The maximum absolute atomic E-state index is 11.7. The standard InChI is InChI=1S/C17H29N3O/c1-4-5-6-9-15(12-13-18-2)20(14-21)17-11-8-7-10-16(17)19-3/h7-8,10-11,14-15,18-19H,4-6,9,12-13H2,1-3H3. The van der Waals surface area contributed by atoms with Gasteiger partial charge in [-0.25, -0.2) is 0 Å². The molecule has 1 atom stereocenters. The minimum absolute atomic E-state index is 0.246. The van der Waals surface area contributed by atoms with Gasteiger partial charge in [-0.2, -0.15) is 0 Å². The molecule has 0 heterocycles. The van der Waals surface area contributed by atoms with Crippen molar-refractivity contribution in [2.75, 3.05) is 30.9 Å². The van der Waals surface area contributed by atoms with E-state index in [-0.39, 0.29) is 6.04 Å². The number of unbranched alkanes of at least 4 members (excludes halogenated alkanes) is 2. The zero-order valence-electron chi connectivity index (χ0n) is 13.6. The predicted molar refractivity (Wildman–Crippen MR) is 91.0 cm³/mol. The van der Waals surface area contributed by atoms with Crippen molar-refractivity contribution in [3.63, 3.8) is 0 Å². The molecule has 1 amide bonds. The van der Waals surface area contributed by atoms with Crippen molar-refractivity contribution in [1.82, 2.24) is 5.32 Å². The van der Waals surface area contributed by atoms with Crippen LogP contribution in [0.5, 0.6) is 0 Å². The Balaban J connectivity index is 2.90. The fourth-order valence-corrected chi connectivity index (χ4v) is 2.61. The third kappa shape index (κ3) is 5.38. The highest BCUT2D eigenvalue weighted by Gasteiger charge is 2.19. The van der Waals surface area contributed by atoms with Crippen LogP contribution in [0.4, 0.5) is 11.4 Å². The highest BCUT2D eigenvalue weighted by molar-refractivity contribution is 5.84. The Morgan fingerprint density at radius 3 is 2.57 bits per heavy atom. The van der Waals surface area contributed by atoms with Crippen LogP contribution in [-0.4, -0.2) is 33.1 Å². The molecular weight excluding hydrogens is 262 g/mol. The molecule has 0 saturated carbocycles. The summed E-state index contributed by atoms with van der Waals surface area (Å²) in [7, 11) is 3.84. The average Bonchev–Trinajstić information content (AvgIpc) is 2.53. The molecule has 1 unspecified atom stereocenters. The van der Waals surface area contributed by atoms with E-state index in [9.17, 15) is 4.79 Å². The number of amides is 1. The molecule has 1 aromatic rings. The van der Waals surface area contributed by atoms with Crippen LogP contribution in [0.2, 0.25) is 0 Å². The van der Waals surface area contributed by atoms with Gasteiger partial charge < -0.3 is 15.5 Å². The molecule has 0 fully saturated rings. The number of benzene rings is 1. The number of nitrogens with zero attached hydrogens (tertiary/aromatic N) is 1. The number of hydrogen-bond acceptors (Lipinski definition) is 3. The van der Waals surface area contributed by atoms with Crippen molar-refractivity contribution >= 4 is 17.8 Å². The van der Waals surface area contributed by atoms with Gasteiger partial charge in [-0.1, -0.05) is 38.3 Å². The number of carbonyl (C=O) groups is 1. The molecule has 1 rings (SSSR count). The first-order chi connectivity index (χ1) is 10.3. The summed E-state index contributed by atoms with van der Waals surface area (Å²) in [5.74, 6) is 0. The fraction of sp³-hybridized carbons (Fsp3) is 0.588. The molecule has 2 N–H and O–H groups in total. The smallest absolute Gasteiger partial charge is 0.214 e. The van der Waals surface area contributed by atoms with Crippen LogP contribution in [0.25, 0.3) is 0 Å². The predicted octanol–water partition coefficient (Wildman–Crippen LogP) is 3.25. The first-order valence-electron chi connectivity index (χ1n) is 7.93. The van der Waals surface area contributed by atoms with Crippen LogP contribution in [0.1, 0.15) is 39.0 Å². The van der Waals surface area contributed by atoms with E-state index in [0.29, 0.717) is 0 Å². The number of hydrogen-bond donors (Lipinski definition) is 2. The maximum atomic E-state index is 11.7. The lowest BCUT2D eigenvalue weighted by Gasteiger charge is -2.30. The van der Waals surface area contributed by atoms with Crippen molar-refractivity contribution in [1.29, 1.82) is 0 Å². The molecule has 0 aromatic heterocycles. The van der Waals surface area contributed by atoms with Crippen molar-refractivity contribution < 1.29 is 4.79 Å². The number of rotatable bonds is 11. The molecule has 1 aromatic carbocycles. The van der Waals surface area contributed by atoms with Crippen LogP contribution < -0.4 is 15.5 Å². The van der Waals surface area contributed by atoms with Crippen molar-refractivity contribution in [2.45, 2.75) is 45.1 Å². The van der Waals surface area contributed by atoms with E-state index in [1.807, 2.05) is 43.3 Å². The van der Waals surface area contributed by atoms with Gasteiger partial charge in [0.15, 0.2) is 0 Å². The Morgan fingerprint density at radius 2 is 1.95 bits per heavy atom. The summed E-state index contributed by atoms with van der Waals surface area (Å²) >= 11 is 0. The zero-order valence-corrected chi connectivity index (χ0v) is 13.6. The van der Waals surface area contributed by atoms with Crippen LogP contribution in [0.3, 0.4) is 0 Å². The second-order valence-corrected chi connectivity index (χ2v) is 5.32. The van der Waals surface area contributed by atoms with Gasteiger partial charge in [-0.3, -0.25) is 4.79 Å². The molecule has 0 aliphatic heterocycles. The summed E-state index contributed by atoms with van der Waals surface area (Å²) in [6.07, 6.45) is 6.58. The summed E-state index contributed by atoms with van der Waals surface area (Å²) in [5.41, 5.74) is 1.96. The van der Waals surface area contributed by atoms with Gasteiger partial charge in [0, 0.05) is 13.1 Å². The van der Waals surface area contributed by atoms with E-state index in [1.165, 1.54) is 12.8 Å². The molecule has 4 nitrogen and oxygen atoms in total. The SMILES string of the molecule is CCCCCC(CCNC)N(C=O)c1ccccc1NC. The van der Waals surface area contributed by atoms with Crippen molar-refractivity contribution in [2.24, 2.45) is 0 Å². The Kier molecular flexibility index (Phi) is 8.51. The average molecular weight is 291 g/mol. The quantitative estimate of drug-likeness (QED) is 0.486. The Bertz CT molecular complexity index is 409. The van der Waals surface area contributed by atoms with E-state index >= 15 is 0 Å². The van der Waals surface area contributed by atoms with Crippen LogP contribution in [0, 0.1) is 0 Å². The van der Waals surface area contributed by atoms with Crippen LogP contribution >= 0.6 is 0 Å². The lowest BCUT2D eigenvalue weighted by molar-refractivity contribution is -0.107. The van der Waals surface area contributed by atoms with Gasteiger partial charge in [0.1, 0.15) is 0 Å². The van der Waals surface area contributed by atoms with Gasteiger partial charge in [-0.15, -0.1) is 0 Å². The number of nitrogens with one attached hydrogen (secondary N) is 2. The second-order valence-electron chi connectivity index (χ2n) is 5.32. The van der Waals surface area contributed by atoms with Crippen molar-refractivity contribution in [3.05, 3.63) is 24.3 Å². The van der Waals surface area contributed by atoms with E-state index in [0.717, 1.165) is 43.6 Å². The Labute approximate surface area is 128 Å². The summed E-state index contributed by atoms with van der Waals surface area (Å²) in [6.45, 7) is 3.12. The van der Waals surface area contributed by atoms with E-state index in [2.05, 4.69) is 17.6 Å². The molecular formula is C17H29N3O. The zero-order chi connectivity index (χ0) is 15.5. The van der Waals surface area contributed by atoms with E-state index in [1.54, 1.807) is 0 Å². The highest BCUT2D eigenvalue weighted by atomic mass is 16.1. The highest BCUT2D eigenvalue weighted by Crippen LogP contribution is 2.28. The van der Waals surface area contributed by atoms with Gasteiger partial charge in [-0.05, 0) is 38.6 Å². The molecule has 21 heavy (non-hydrogen) atoms. The van der Waals surface area contributed by atoms with Crippen LogP contribution in [-0.2, 0) is 4.79 Å². The Hall–Kier alpha value is -1.55. The monoisotopic (exact) mass is 291 g/mol. The summed E-state index contributed by atoms with van der Waals surface area (Å²) in [5, 5.41) is 6.36. The lowest BCUT2D eigenvalue weighted by Crippen LogP contribution is -2.36. The second kappa shape index (κ2) is 10.2. The third-order valence-corrected chi connectivity index (χ3v) is 3.83. The first-order valence-corrected chi connectivity index (χ1v) is 7.93. The summed E-state index contributed by atoms with van der Waals surface area (Å²) < 4.78 is 0. The number of anilines is 2. The minimum atomic E-state index is 0.246. The van der Waals surface area contributed by atoms with Gasteiger partial charge >= 0.3 is 0 Å². The number of carbonyl (C=O) groups excluding carboxylic acids is 1. The molecule has 4 heteroatoms. The molecule has 0 saturated heterocycles. The molecule has 0 radical (unpaired) electrons. The van der Waals surface area contributed by atoms with Gasteiger partial charge in [0.2, 0.25) is 6.41 Å². The molecule has 0 aliphatic carbocycles. The fourth-order valence-electron chi connectivity index (χ4n) is 2.61. The summed E-state index contributed by atoms with van der Waals surface area (Å²) in [4.78, 5) is 13.6. The molecule has 0 spiro atoms. The Morgan fingerprint density at radius 1 is 1.19 bits per heavy atom. The topological polar surface area (TPSA) is 44.4 Å². The molecule has 0 aliphatic rings. The lowest BCUT2D eigenvalue weighted by atomic mass is 10.0. The molecule has 0 bridgehead atoms. The normalized spacial score (nSPS) is 12.0. The van der Waals surface area contributed by atoms with Gasteiger partial charge in [0.05, 0.1) is 11.4 Å². The van der Waals surface area contributed by atoms with E-state index < -0.39 is 0 Å². The maximum Gasteiger partial charge on any atom is 0.214 e.